The van der Waals surface area contributed by atoms with Crippen LogP contribution in [0, 0.1) is 12.3 Å². The molecule has 210 valence electrons. The van der Waals surface area contributed by atoms with Crippen LogP contribution in [0.3, 0.4) is 0 Å². The Bertz CT molecular complexity index is 946. The fourth-order valence-electron chi connectivity index (χ4n) is 4.60. The van der Waals surface area contributed by atoms with Gasteiger partial charge in [0.25, 0.3) is 0 Å². The molecule has 0 heterocycles. The first kappa shape index (κ1) is 31.6. The number of carbonyl (C=O) groups excluding carboxylic acids is 3. The third-order valence-corrected chi connectivity index (χ3v) is 7.18. The summed E-state index contributed by atoms with van der Waals surface area (Å²) in [7, 11) is 0. The summed E-state index contributed by atoms with van der Waals surface area (Å²) in [5, 5.41) is 6.01. The minimum absolute atomic E-state index is 0.0963. The lowest BCUT2D eigenvalue weighted by molar-refractivity contribution is -0.143. The minimum atomic E-state index is -0.833. The van der Waals surface area contributed by atoms with Gasteiger partial charge >= 0.3 is 6.09 Å². The molecule has 2 unspecified atom stereocenters. The van der Waals surface area contributed by atoms with Crippen LogP contribution < -0.4 is 10.6 Å². The maximum absolute atomic E-state index is 14.1. The number of rotatable bonds is 12. The number of unbranched alkanes of at least 4 members (excludes halogenated alkanes) is 1. The van der Waals surface area contributed by atoms with Crippen molar-refractivity contribution in [2.75, 3.05) is 18.6 Å². The number of terminal acetylenes is 1. The molecule has 1 aliphatic carbocycles. The Hall–Kier alpha value is -2.66. The standard InChI is InChI=1S/C30H45N3O4S/c1-7-9-20-33(28(35)25(19-21-38-6)32-29(36)37-30(3,4)5)26(23-17-15-22(8-2)16-18-23)27(34)31-24-13-11-10-12-14-24/h2,15-18,24-26H,7,9-14,19-21H2,1,3-6H3,(H,31,34)(H,32,36). The molecule has 38 heavy (non-hydrogen) atoms. The molecule has 0 saturated heterocycles. The summed E-state index contributed by atoms with van der Waals surface area (Å²) in [6.45, 7) is 7.78. The van der Waals surface area contributed by atoms with E-state index in [9.17, 15) is 14.4 Å². The van der Waals surface area contributed by atoms with Crippen LogP contribution in [0.4, 0.5) is 4.79 Å². The highest BCUT2D eigenvalue weighted by Crippen LogP contribution is 2.26. The summed E-state index contributed by atoms with van der Waals surface area (Å²) in [6.07, 6.45) is 14.1. The number of carbonyl (C=O) groups is 3. The molecule has 7 nitrogen and oxygen atoms in total. The molecule has 1 aromatic rings. The van der Waals surface area contributed by atoms with E-state index >= 15 is 0 Å². The Labute approximate surface area is 233 Å². The minimum Gasteiger partial charge on any atom is -0.444 e. The number of amides is 3. The van der Waals surface area contributed by atoms with E-state index < -0.39 is 23.8 Å². The highest BCUT2D eigenvalue weighted by Gasteiger charge is 2.36. The lowest BCUT2D eigenvalue weighted by Gasteiger charge is -2.35. The second-order valence-corrected chi connectivity index (χ2v) is 11.9. The first-order valence-electron chi connectivity index (χ1n) is 13.8. The fourth-order valence-corrected chi connectivity index (χ4v) is 5.07. The monoisotopic (exact) mass is 543 g/mol. The Morgan fingerprint density at radius 1 is 1.16 bits per heavy atom. The number of hydrogen-bond donors (Lipinski definition) is 2. The molecule has 0 bridgehead atoms. The Morgan fingerprint density at radius 2 is 1.82 bits per heavy atom. The van der Waals surface area contributed by atoms with E-state index in [1.165, 1.54) is 6.42 Å². The molecule has 3 amide bonds. The molecule has 2 atom stereocenters. The van der Waals surface area contributed by atoms with Gasteiger partial charge in [-0.15, -0.1) is 6.42 Å². The molecule has 2 N–H and O–H groups in total. The SMILES string of the molecule is C#Cc1ccc(C(C(=O)NC2CCCCC2)N(CCCC)C(=O)C(CCSC)NC(=O)OC(C)(C)C)cc1. The molecule has 0 radical (unpaired) electrons. The first-order chi connectivity index (χ1) is 18.1. The van der Waals surface area contributed by atoms with Crippen LogP contribution in [-0.4, -0.2) is 59.0 Å². The molecule has 0 aliphatic heterocycles. The maximum atomic E-state index is 14.1. The number of nitrogens with one attached hydrogen (secondary N) is 2. The summed E-state index contributed by atoms with van der Waals surface area (Å²) in [5.41, 5.74) is 0.707. The number of thioether (sulfide) groups is 1. The molecule has 1 fully saturated rings. The lowest BCUT2D eigenvalue weighted by Crippen LogP contribution is -2.54. The van der Waals surface area contributed by atoms with Crippen LogP contribution in [0.1, 0.15) is 96.2 Å². The summed E-state index contributed by atoms with van der Waals surface area (Å²) < 4.78 is 5.45. The smallest absolute Gasteiger partial charge is 0.408 e. The van der Waals surface area contributed by atoms with Crippen molar-refractivity contribution in [2.45, 2.75) is 103 Å². The number of alkyl carbamates (subject to hydrolysis) is 1. The van der Waals surface area contributed by atoms with Crippen LogP contribution in [0.5, 0.6) is 0 Å². The lowest BCUT2D eigenvalue weighted by atomic mass is 9.94. The molecule has 1 aromatic carbocycles. The fraction of sp³-hybridized carbons (Fsp3) is 0.633. The maximum Gasteiger partial charge on any atom is 0.408 e. The molecular weight excluding hydrogens is 498 g/mol. The highest BCUT2D eigenvalue weighted by atomic mass is 32.2. The van der Waals surface area contributed by atoms with Gasteiger partial charge in [0.2, 0.25) is 11.8 Å². The predicted molar refractivity (Wildman–Crippen MR) is 155 cm³/mol. The van der Waals surface area contributed by atoms with Gasteiger partial charge < -0.3 is 20.3 Å². The van der Waals surface area contributed by atoms with Gasteiger partial charge in [-0.25, -0.2) is 4.79 Å². The van der Waals surface area contributed by atoms with Crippen molar-refractivity contribution < 1.29 is 19.1 Å². The summed E-state index contributed by atoms with van der Waals surface area (Å²) in [4.78, 5) is 42.3. The van der Waals surface area contributed by atoms with E-state index in [1.807, 2.05) is 25.3 Å². The van der Waals surface area contributed by atoms with Crippen molar-refractivity contribution in [3.63, 3.8) is 0 Å². The third kappa shape index (κ3) is 10.2. The van der Waals surface area contributed by atoms with E-state index in [0.29, 0.717) is 29.8 Å². The number of nitrogens with zero attached hydrogens (tertiary/aromatic N) is 1. The van der Waals surface area contributed by atoms with Gasteiger partial charge in [0.15, 0.2) is 0 Å². The highest BCUT2D eigenvalue weighted by molar-refractivity contribution is 7.98. The number of hydrogen-bond acceptors (Lipinski definition) is 5. The first-order valence-corrected chi connectivity index (χ1v) is 15.1. The zero-order valence-corrected chi connectivity index (χ0v) is 24.5. The van der Waals surface area contributed by atoms with Crippen molar-refractivity contribution in [2.24, 2.45) is 0 Å². The van der Waals surface area contributed by atoms with Crippen molar-refractivity contribution in [3.8, 4) is 12.3 Å². The van der Waals surface area contributed by atoms with Gasteiger partial charge in [0.1, 0.15) is 17.7 Å². The molecule has 2 rings (SSSR count). The third-order valence-electron chi connectivity index (χ3n) is 6.54. The summed E-state index contributed by atoms with van der Waals surface area (Å²) >= 11 is 1.59. The van der Waals surface area contributed by atoms with E-state index in [-0.39, 0.29) is 17.9 Å². The predicted octanol–water partition coefficient (Wildman–Crippen LogP) is 5.43. The number of benzene rings is 1. The Kier molecular flexibility index (Phi) is 13.0. The van der Waals surface area contributed by atoms with E-state index in [0.717, 1.165) is 38.5 Å². The van der Waals surface area contributed by atoms with Gasteiger partial charge in [0.05, 0.1) is 0 Å². The Morgan fingerprint density at radius 3 is 2.37 bits per heavy atom. The van der Waals surface area contributed by atoms with Crippen molar-refractivity contribution in [1.29, 1.82) is 0 Å². The van der Waals surface area contributed by atoms with Crippen LogP contribution in [0.25, 0.3) is 0 Å². The van der Waals surface area contributed by atoms with E-state index in [2.05, 4.69) is 16.6 Å². The average Bonchev–Trinajstić information content (AvgIpc) is 2.88. The normalized spacial score (nSPS) is 15.6. The second-order valence-electron chi connectivity index (χ2n) is 10.9. The molecular formula is C30H45N3O4S. The van der Waals surface area contributed by atoms with Crippen LogP contribution in [0.2, 0.25) is 0 Å². The zero-order valence-electron chi connectivity index (χ0n) is 23.7. The molecule has 1 aliphatic rings. The average molecular weight is 544 g/mol. The van der Waals surface area contributed by atoms with Crippen LogP contribution >= 0.6 is 11.8 Å². The molecule has 0 aromatic heterocycles. The molecule has 1 saturated carbocycles. The van der Waals surface area contributed by atoms with Gasteiger partial charge in [0, 0.05) is 18.2 Å². The van der Waals surface area contributed by atoms with E-state index in [1.54, 1.807) is 49.6 Å². The van der Waals surface area contributed by atoms with Crippen molar-refractivity contribution >= 4 is 29.7 Å². The van der Waals surface area contributed by atoms with Gasteiger partial charge in [-0.2, -0.15) is 11.8 Å². The number of ether oxygens (including phenoxy) is 1. The molecule has 8 heteroatoms. The topological polar surface area (TPSA) is 87.7 Å². The van der Waals surface area contributed by atoms with Crippen LogP contribution in [0.15, 0.2) is 24.3 Å². The second kappa shape index (κ2) is 15.7. The van der Waals surface area contributed by atoms with Gasteiger partial charge in [-0.05, 0) is 76.2 Å². The van der Waals surface area contributed by atoms with Gasteiger partial charge in [-0.3, -0.25) is 9.59 Å². The van der Waals surface area contributed by atoms with Crippen LogP contribution in [-0.2, 0) is 14.3 Å². The largest absolute Gasteiger partial charge is 0.444 e. The summed E-state index contributed by atoms with van der Waals surface area (Å²) in [5.74, 6) is 2.79. The Balaban J connectivity index is 2.44. The molecule has 0 spiro atoms. The quantitative estimate of drug-likeness (QED) is 0.343. The summed E-state index contributed by atoms with van der Waals surface area (Å²) in [6, 6.07) is 5.68. The van der Waals surface area contributed by atoms with Crippen molar-refractivity contribution in [3.05, 3.63) is 35.4 Å². The zero-order chi connectivity index (χ0) is 28.1. The van der Waals surface area contributed by atoms with Crippen molar-refractivity contribution in [1.82, 2.24) is 15.5 Å². The van der Waals surface area contributed by atoms with Gasteiger partial charge in [-0.1, -0.05) is 50.7 Å². The van der Waals surface area contributed by atoms with E-state index in [4.69, 9.17) is 11.2 Å².